The van der Waals surface area contributed by atoms with Crippen molar-refractivity contribution in [2.75, 3.05) is 26.7 Å². The van der Waals surface area contributed by atoms with Gasteiger partial charge < -0.3 is 25.0 Å². The van der Waals surface area contributed by atoms with Crippen LogP contribution >= 0.6 is 0 Å². The Morgan fingerprint density at radius 1 is 1.09 bits per heavy atom. The van der Waals surface area contributed by atoms with Gasteiger partial charge in [-0.25, -0.2) is 14.0 Å². The summed E-state index contributed by atoms with van der Waals surface area (Å²) in [7, 11) is 1.50. The number of nitrogens with zero attached hydrogens (tertiary/aromatic N) is 3. The molecule has 2 N–H and O–H groups in total. The van der Waals surface area contributed by atoms with E-state index in [2.05, 4.69) is 10.3 Å². The van der Waals surface area contributed by atoms with E-state index in [9.17, 15) is 28.7 Å². The van der Waals surface area contributed by atoms with Crippen molar-refractivity contribution in [1.29, 1.82) is 0 Å². The van der Waals surface area contributed by atoms with E-state index in [-0.39, 0.29) is 24.4 Å². The lowest BCUT2D eigenvalue weighted by atomic mass is 9.83. The maximum absolute atomic E-state index is 14.1. The van der Waals surface area contributed by atoms with Crippen LogP contribution in [0.25, 0.3) is 11.1 Å². The van der Waals surface area contributed by atoms with Gasteiger partial charge in [-0.2, -0.15) is 0 Å². The molecule has 11 heteroatoms. The molecule has 1 aliphatic heterocycles. The van der Waals surface area contributed by atoms with Gasteiger partial charge in [0.2, 0.25) is 11.8 Å². The predicted molar refractivity (Wildman–Crippen MR) is 158 cm³/mol. The highest BCUT2D eigenvalue weighted by molar-refractivity contribution is 5.91. The SMILES string of the molecule is CCCCOC(=O)N(C)CC(=O)N[C@H](C(=O)N1CCC[C@H]1c1cncc(-c2ccc(F)c(C(=O)O)c2)c1)C1CCCCC1. The van der Waals surface area contributed by atoms with Gasteiger partial charge in [0.25, 0.3) is 0 Å². The predicted octanol–water partition coefficient (Wildman–Crippen LogP) is 5.18. The Hall–Kier alpha value is -4.02. The highest BCUT2D eigenvalue weighted by Crippen LogP contribution is 2.36. The second-order valence-corrected chi connectivity index (χ2v) is 11.5. The number of hydrogen-bond donors (Lipinski definition) is 2. The molecule has 2 fully saturated rings. The molecule has 3 amide bonds. The number of hydrogen-bond acceptors (Lipinski definition) is 6. The van der Waals surface area contributed by atoms with E-state index in [0.717, 1.165) is 63.0 Å². The highest BCUT2D eigenvalue weighted by Gasteiger charge is 2.39. The van der Waals surface area contributed by atoms with Crippen LogP contribution in [-0.4, -0.2) is 76.6 Å². The zero-order valence-corrected chi connectivity index (χ0v) is 24.9. The summed E-state index contributed by atoms with van der Waals surface area (Å²) in [4.78, 5) is 58.4. The maximum atomic E-state index is 14.1. The first-order valence-electron chi connectivity index (χ1n) is 15.2. The number of likely N-dealkylation sites (tertiary alicyclic amines) is 1. The monoisotopic (exact) mass is 596 g/mol. The first kappa shape index (κ1) is 31.9. The fourth-order valence-electron chi connectivity index (χ4n) is 5.98. The number of aromatic carboxylic acids is 1. The van der Waals surface area contributed by atoms with Gasteiger partial charge in [-0.1, -0.05) is 38.7 Å². The molecule has 1 aromatic carbocycles. The van der Waals surface area contributed by atoms with Crippen LogP contribution in [0.3, 0.4) is 0 Å². The van der Waals surface area contributed by atoms with Crippen molar-refractivity contribution in [3.05, 3.63) is 53.6 Å². The molecule has 0 spiro atoms. The van der Waals surface area contributed by atoms with Crippen molar-refractivity contribution >= 4 is 23.9 Å². The van der Waals surface area contributed by atoms with Crippen LogP contribution in [0.4, 0.5) is 9.18 Å². The van der Waals surface area contributed by atoms with Gasteiger partial charge in [0.15, 0.2) is 0 Å². The van der Waals surface area contributed by atoms with Crippen molar-refractivity contribution in [3.8, 4) is 11.1 Å². The molecule has 232 valence electrons. The van der Waals surface area contributed by atoms with Gasteiger partial charge in [0.05, 0.1) is 18.2 Å². The van der Waals surface area contributed by atoms with E-state index in [4.69, 9.17) is 4.74 Å². The number of benzene rings is 1. The molecule has 0 bridgehead atoms. The summed E-state index contributed by atoms with van der Waals surface area (Å²) in [5.41, 5.74) is 1.48. The van der Waals surface area contributed by atoms with E-state index in [1.165, 1.54) is 24.1 Å². The molecule has 1 saturated carbocycles. The number of rotatable bonds is 11. The molecular weight excluding hydrogens is 555 g/mol. The number of nitrogens with one attached hydrogen (secondary N) is 1. The number of carbonyl (C=O) groups is 4. The van der Waals surface area contributed by atoms with Crippen LogP contribution in [0.2, 0.25) is 0 Å². The van der Waals surface area contributed by atoms with Gasteiger partial charge >= 0.3 is 12.1 Å². The lowest BCUT2D eigenvalue weighted by Gasteiger charge is -2.35. The van der Waals surface area contributed by atoms with Crippen molar-refractivity contribution in [3.63, 3.8) is 0 Å². The Morgan fingerprint density at radius 2 is 1.86 bits per heavy atom. The molecule has 2 aromatic rings. The topological polar surface area (TPSA) is 129 Å². The summed E-state index contributed by atoms with van der Waals surface area (Å²) in [6, 6.07) is 4.77. The van der Waals surface area contributed by atoms with Crippen molar-refractivity contribution in [1.82, 2.24) is 20.1 Å². The molecule has 1 saturated heterocycles. The van der Waals surface area contributed by atoms with Gasteiger partial charge in [0, 0.05) is 31.5 Å². The van der Waals surface area contributed by atoms with Crippen molar-refractivity contribution < 1.29 is 33.4 Å². The summed E-state index contributed by atoms with van der Waals surface area (Å²) >= 11 is 0. The van der Waals surface area contributed by atoms with Crippen LogP contribution in [-0.2, 0) is 14.3 Å². The molecule has 1 aromatic heterocycles. The number of carboxylic acids is 1. The molecule has 2 aliphatic rings. The summed E-state index contributed by atoms with van der Waals surface area (Å²) in [6.07, 6.45) is 10.5. The molecule has 0 unspecified atom stereocenters. The average molecular weight is 597 g/mol. The minimum Gasteiger partial charge on any atom is -0.478 e. The summed E-state index contributed by atoms with van der Waals surface area (Å²) in [6.45, 7) is 2.59. The number of pyridine rings is 1. The number of ether oxygens (including phenoxy) is 1. The Labute approximate surface area is 251 Å². The first-order chi connectivity index (χ1) is 20.7. The molecule has 43 heavy (non-hydrogen) atoms. The number of likely N-dealkylation sites (N-methyl/N-ethyl adjacent to an activating group) is 1. The molecule has 4 rings (SSSR count). The van der Waals surface area contributed by atoms with Crippen LogP contribution in [0.1, 0.15) is 86.7 Å². The summed E-state index contributed by atoms with van der Waals surface area (Å²) in [5, 5.41) is 12.3. The third-order valence-corrected chi connectivity index (χ3v) is 8.33. The number of halogens is 1. The molecule has 0 radical (unpaired) electrons. The number of carboxylic acid groups (broad SMARTS) is 1. The minimum atomic E-state index is -1.36. The van der Waals surface area contributed by atoms with E-state index >= 15 is 0 Å². The lowest BCUT2D eigenvalue weighted by Crippen LogP contribution is -2.54. The summed E-state index contributed by atoms with van der Waals surface area (Å²) < 4.78 is 19.2. The van der Waals surface area contributed by atoms with Crippen LogP contribution in [0.15, 0.2) is 36.7 Å². The zero-order valence-electron chi connectivity index (χ0n) is 24.9. The molecule has 2 heterocycles. The van der Waals surface area contributed by atoms with Gasteiger partial charge in [-0.05, 0) is 67.3 Å². The van der Waals surface area contributed by atoms with Gasteiger partial charge in [0.1, 0.15) is 18.4 Å². The Kier molecular flexibility index (Phi) is 11.1. The smallest absolute Gasteiger partial charge is 0.409 e. The maximum Gasteiger partial charge on any atom is 0.409 e. The standard InChI is InChI=1S/C32H41FN4O6/c1-3-4-15-43-32(42)36(2)20-28(38)35-29(21-9-6-5-7-10-21)30(39)37-14-8-11-27(37)24-16-23(18-34-19-24)22-12-13-26(33)25(17-22)31(40)41/h12-13,16-19,21,27,29H,3-11,14-15,20H2,1-2H3,(H,35,38)(H,40,41)/t27-,29-/m0/s1. The first-order valence-corrected chi connectivity index (χ1v) is 15.2. The largest absolute Gasteiger partial charge is 0.478 e. The van der Waals surface area contributed by atoms with E-state index in [0.29, 0.717) is 30.7 Å². The lowest BCUT2D eigenvalue weighted by molar-refractivity contribution is -0.139. The quantitative estimate of drug-likeness (QED) is 0.342. The zero-order chi connectivity index (χ0) is 30.9. The van der Waals surface area contributed by atoms with Gasteiger partial charge in [-0.3, -0.25) is 14.6 Å². The van der Waals surface area contributed by atoms with E-state index in [1.807, 2.05) is 13.0 Å². The van der Waals surface area contributed by atoms with Crippen molar-refractivity contribution in [2.45, 2.75) is 76.8 Å². The van der Waals surface area contributed by atoms with Crippen LogP contribution in [0.5, 0.6) is 0 Å². The minimum absolute atomic E-state index is 0.00799. The Morgan fingerprint density at radius 3 is 2.58 bits per heavy atom. The fourth-order valence-corrected chi connectivity index (χ4v) is 5.98. The van der Waals surface area contributed by atoms with Crippen LogP contribution in [0, 0.1) is 11.7 Å². The van der Waals surface area contributed by atoms with Crippen LogP contribution < -0.4 is 5.32 Å². The van der Waals surface area contributed by atoms with E-state index in [1.54, 1.807) is 17.3 Å². The normalized spacial score (nSPS) is 17.7. The number of carbonyl (C=O) groups excluding carboxylic acids is 3. The van der Waals surface area contributed by atoms with E-state index < -0.39 is 35.4 Å². The molecule has 1 aliphatic carbocycles. The average Bonchev–Trinajstić information content (AvgIpc) is 3.50. The second-order valence-electron chi connectivity index (χ2n) is 11.5. The second kappa shape index (κ2) is 14.9. The molecular formula is C32H41FN4O6. The number of aromatic nitrogens is 1. The third kappa shape index (κ3) is 8.09. The highest BCUT2D eigenvalue weighted by atomic mass is 19.1. The fraction of sp³-hybridized carbons (Fsp3) is 0.531. The third-order valence-electron chi connectivity index (χ3n) is 8.33. The summed E-state index contributed by atoms with van der Waals surface area (Å²) in [5.74, 6) is -2.75. The molecule has 10 nitrogen and oxygen atoms in total. The Bertz CT molecular complexity index is 1310. The number of unbranched alkanes of at least 4 members (excludes halogenated alkanes) is 1. The van der Waals surface area contributed by atoms with Gasteiger partial charge in [-0.15, -0.1) is 0 Å². The number of amides is 3. The van der Waals surface area contributed by atoms with Crippen molar-refractivity contribution in [2.24, 2.45) is 5.92 Å². The molecule has 2 atom stereocenters. The Balaban J connectivity index is 1.52.